The van der Waals surface area contributed by atoms with Crippen molar-refractivity contribution in [2.45, 2.75) is 33.1 Å². The van der Waals surface area contributed by atoms with Crippen LogP contribution in [0.3, 0.4) is 0 Å². The molecule has 1 aliphatic heterocycles. The second-order valence-electron chi connectivity index (χ2n) is 6.86. The van der Waals surface area contributed by atoms with E-state index >= 15 is 0 Å². The molecular weight excluding hydrogens is 325 g/mol. The summed E-state index contributed by atoms with van der Waals surface area (Å²) in [5, 5.41) is 3.37. The van der Waals surface area contributed by atoms with Crippen LogP contribution in [-0.4, -0.2) is 31.2 Å². The van der Waals surface area contributed by atoms with Crippen LogP contribution < -0.4 is 10.2 Å². The Bertz CT molecular complexity index is 746. The largest absolute Gasteiger partial charge is 0.354 e. The molecule has 2 aromatic rings. The van der Waals surface area contributed by atoms with Gasteiger partial charge in [0, 0.05) is 37.9 Å². The van der Waals surface area contributed by atoms with Crippen molar-refractivity contribution in [3.05, 3.63) is 65.1 Å². The zero-order chi connectivity index (χ0) is 18.4. The molecule has 0 atom stereocenters. The SMILES string of the molecule is CCCCC=C(c1ccc(N2CCNCC2)nc1)c1ccc(F)cc1C. The average molecular weight is 353 g/mol. The Morgan fingerprint density at radius 1 is 1.23 bits per heavy atom. The van der Waals surface area contributed by atoms with Crippen molar-refractivity contribution < 1.29 is 4.39 Å². The number of rotatable bonds is 6. The summed E-state index contributed by atoms with van der Waals surface area (Å²) in [6.07, 6.45) is 7.55. The summed E-state index contributed by atoms with van der Waals surface area (Å²) in [5.74, 6) is 0.838. The molecule has 0 radical (unpaired) electrons. The third-order valence-corrected chi connectivity index (χ3v) is 4.88. The summed E-state index contributed by atoms with van der Waals surface area (Å²) in [6.45, 7) is 8.14. The highest BCUT2D eigenvalue weighted by molar-refractivity contribution is 5.81. The average Bonchev–Trinajstić information content (AvgIpc) is 2.67. The fourth-order valence-corrected chi connectivity index (χ4v) is 3.39. The Hall–Kier alpha value is -2.20. The van der Waals surface area contributed by atoms with Gasteiger partial charge in [0.15, 0.2) is 0 Å². The van der Waals surface area contributed by atoms with Gasteiger partial charge in [0.05, 0.1) is 0 Å². The summed E-state index contributed by atoms with van der Waals surface area (Å²) in [6, 6.07) is 9.27. The van der Waals surface area contributed by atoms with Gasteiger partial charge < -0.3 is 10.2 Å². The Morgan fingerprint density at radius 3 is 2.69 bits per heavy atom. The van der Waals surface area contributed by atoms with Crippen LogP contribution in [0.1, 0.15) is 42.9 Å². The first-order chi connectivity index (χ1) is 12.7. The molecule has 4 heteroatoms. The molecule has 1 saturated heterocycles. The predicted molar refractivity (Wildman–Crippen MR) is 107 cm³/mol. The summed E-state index contributed by atoms with van der Waals surface area (Å²) >= 11 is 0. The maximum absolute atomic E-state index is 13.5. The van der Waals surface area contributed by atoms with Crippen LogP contribution in [0, 0.1) is 12.7 Å². The van der Waals surface area contributed by atoms with Gasteiger partial charge in [-0.15, -0.1) is 0 Å². The summed E-state index contributed by atoms with van der Waals surface area (Å²) in [7, 11) is 0. The van der Waals surface area contributed by atoms with Crippen LogP contribution in [-0.2, 0) is 0 Å². The molecule has 3 rings (SSSR count). The maximum atomic E-state index is 13.5. The van der Waals surface area contributed by atoms with E-state index in [0.717, 1.165) is 73.5 Å². The number of pyridine rings is 1. The monoisotopic (exact) mass is 353 g/mol. The number of hydrogen-bond donors (Lipinski definition) is 1. The lowest BCUT2D eigenvalue weighted by molar-refractivity contribution is 0.585. The van der Waals surface area contributed by atoms with Gasteiger partial charge in [-0.05, 0) is 54.3 Å². The second kappa shape index (κ2) is 8.95. The number of nitrogens with one attached hydrogen (secondary N) is 1. The van der Waals surface area contributed by atoms with E-state index in [-0.39, 0.29) is 5.82 Å². The number of nitrogens with zero attached hydrogens (tertiary/aromatic N) is 2. The number of hydrogen-bond acceptors (Lipinski definition) is 3. The van der Waals surface area contributed by atoms with E-state index in [0.29, 0.717) is 0 Å². The molecule has 1 fully saturated rings. The molecule has 1 aromatic heterocycles. The summed E-state index contributed by atoms with van der Waals surface area (Å²) in [4.78, 5) is 7.02. The van der Waals surface area contributed by atoms with E-state index in [4.69, 9.17) is 4.98 Å². The van der Waals surface area contributed by atoms with E-state index in [1.165, 1.54) is 0 Å². The van der Waals surface area contributed by atoms with Crippen LogP contribution >= 0.6 is 0 Å². The van der Waals surface area contributed by atoms with E-state index in [1.807, 2.05) is 19.2 Å². The van der Waals surface area contributed by atoms with E-state index < -0.39 is 0 Å². The predicted octanol–water partition coefficient (Wildman–Crippen LogP) is 4.56. The van der Waals surface area contributed by atoms with Gasteiger partial charge >= 0.3 is 0 Å². The molecule has 1 aliphatic rings. The fourth-order valence-electron chi connectivity index (χ4n) is 3.39. The number of benzene rings is 1. The zero-order valence-electron chi connectivity index (χ0n) is 15.8. The molecule has 26 heavy (non-hydrogen) atoms. The topological polar surface area (TPSA) is 28.2 Å². The molecular formula is C22H28FN3. The van der Waals surface area contributed by atoms with Crippen molar-refractivity contribution in [3.63, 3.8) is 0 Å². The van der Waals surface area contributed by atoms with Gasteiger partial charge in [-0.3, -0.25) is 0 Å². The van der Waals surface area contributed by atoms with Crippen molar-refractivity contribution in [2.24, 2.45) is 0 Å². The molecule has 0 unspecified atom stereocenters. The molecule has 0 amide bonds. The highest BCUT2D eigenvalue weighted by Gasteiger charge is 2.13. The van der Waals surface area contributed by atoms with Gasteiger partial charge in [-0.2, -0.15) is 0 Å². The molecule has 2 heterocycles. The number of anilines is 1. The lowest BCUT2D eigenvalue weighted by Crippen LogP contribution is -2.43. The first kappa shape index (κ1) is 18.6. The van der Waals surface area contributed by atoms with Gasteiger partial charge in [0.25, 0.3) is 0 Å². The molecule has 0 bridgehead atoms. The maximum Gasteiger partial charge on any atom is 0.128 e. The number of halogens is 1. The smallest absolute Gasteiger partial charge is 0.128 e. The number of unbranched alkanes of at least 4 members (excludes halogenated alkanes) is 2. The quantitative estimate of drug-likeness (QED) is 0.772. The highest BCUT2D eigenvalue weighted by atomic mass is 19.1. The van der Waals surface area contributed by atoms with Gasteiger partial charge in [-0.1, -0.05) is 31.9 Å². The lowest BCUT2D eigenvalue weighted by Gasteiger charge is -2.28. The van der Waals surface area contributed by atoms with Crippen molar-refractivity contribution >= 4 is 11.4 Å². The summed E-state index contributed by atoms with van der Waals surface area (Å²) in [5.41, 5.74) is 4.28. The Labute approximate surface area is 156 Å². The first-order valence-corrected chi connectivity index (χ1v) is 9.58. The normalized spacial score (nSPS) is 15.3. The standard InChI is InChI=1S/C22H28FN3/c1-3-4-5-6-21(20-9-8-19(23)15-17(20)2)18-7-10-22(25-16-18)26-13-11-24-12-14-26/h6-10,15-16,24H,3-5,11-14H2,1-2H3. The lowest BCUT2D eigenvalue weighted by atomic mass is 9.94. The van der Waals surface area contributed by atoms with Crippen LogP contribution in [0.4, 0.5) is 10.2 Å². The second-order valence-corrected chi connectivity index (χ2v) is 6.86. The number of aromatic nitrogens is 1. The molecule has 1 N–H and O–H groups in total. The molecule has 0 saturated carbocycles. The van der Waals surface area contributed by atoms with Crippen LogP contribution in [0.25, 0.3) is 5.57 Å². The number of aryl methyl sites for hydroxylation is 1. The van der Waals surface area contributed by atoms with Crippen molar-refractivity contribution in [1.29, 1.82) is 0 Å². The van der Waals surface area contributed by atoms with Gasteiger partial charge in [0.1, 0.15) is 11.6 Å². The number of allylic oxidation sites excluding steroid dienone is 1. The molecule has 1 aromatic carbocycles. The molecule has 138 valence electrons. The Kier molecular flexibility index (Phi) is 6.40. The first-order valence-electron chi connectivity index (χ1n) is 9.58. The third kappa shape index (κ3) is 4.50. The minimum absolute atomic E-state index is 0.189. The Balaban J connectivity index is 1.90. The van der Waals surface area contributed by atoms with Crippen LogP contribution in [0.2, 0.25) is 0 Å². The van der Waals surface area contributed by atoms with Crippen LogP contribution in [0.15, 0.2) is 42.6 Å². The van der Waals surface area contributed by atoms with Crippen molar-refractivity contribution in [1.82, 2.24) is 10.3 Å². The van der Waals surface area contributed by atoms with E-state index in [9.17, 15) is 4.39 Å². The highest BCUT2D eigenvalue weighted by Crippen LogP contribution is 2.28. The van der Waals surface area contributed by atoms with Crippen molar-refractivity contribution in [3.8, 4) is 0 Å². The molecule has 3 nitrogen and oxygen atoms in total. The summed E-state index contributed by atoms with van der Waals surface area (Å²) < 4.78 is 13.5. The fraction of sp³-hybridized carbons (Fsp3) is 0.409. The molecule has 0 spiro atoms. The van der Waals surface area contributed by atoms with Gasteiger partial charge in [-0.25, -0.2) is 9.37 Å². The third-order valence-electron chi connectivity index (χ3n) is 4.88. The van der Waals surface area contributed by atoms with E-state index in [1.54, 1.807) is 12.1 Å². The minimum atomic E-state index is -0.189. The molecule has 0 aliphatic carbocycles. The number of piperazine rings is 1. The van der Waals surface area contributed by atoms with E-state index in [2.05, 4.69) is 35.3 Å². The zero-order valence-corrected chi connectivity index (χ0v) is 15.8. The minimum Gasteiger partial charge on any atom is -0.354 e. The van der Waals surface area contributed by atoms with Crippen LogP contribution in [0.5, 0.6) is 0 Å². The Morgan fingerprint density at radius 2 is 2.04 bits per heavy atom. The van der Waals surface area contributed by atoms with Crippen molar-refractivity contribution in [2.75, 3.05) is 31.1 Å². The van der Waals surface area contributed by atoms with Gasteiger partial charge in [0.2, 0.25) is 0 Å².